The third-order valence-corrected chi connectivity index (χ3v) is 5.48. The number of nitrogens with one attached hydrogen (secondary N) is 1. The first-order valence-corrected chi connectivity index (χ1v) is 9.80. The summed E-state index contributed by atoms with van der Waals surface area (Å²) < 4.78 is 56.2. The van der Waals surface area contributed by atoms with E-state index in [4.69, 9.17) is 26.9 Å². The fourth-order valence-corrected chi connectivity index (χ4v) is 3.30. The van der Waals surface area contributed by atoms with Crippen molar-refractivity contribution in [1.82, 2.24) is 14.9 Å². The highest BCUT2D eigenvalue weighted by Gasteiger charge is 2.39. The summed E-state index contributed by atoms with van der Waals surface area (Å²) in [4.78, 5) is 22.9. The van der Waals surface area contributed by atoms with E-state index in [0.717, 1.165) is 18.2 Å². The SMILES string of the molecule is Cc1nc(C2CN(C(=O)c3ccc(F)cc3OCC(O)C(F)(F)F)CC2=N)nc(C)c1Cl. The molecule has 0 bridgehead atoms. The quantitative estimate of drug-likeness (QED) is 0.647. The van der Waals surface area contributed by atoms with Crippen LogP contribution in [0, 0.1) is 25.1 Å². The van der Waals surface area contributed by atoms with Crippen LogP contribution in [-0.2, 0) is 0 Å². The topological polar surface area (TPSA) is 99.4 Å². The van der Waals surface area contributed by atoms with Gasteiger partial charge in [-0.1, -0.05) is 11.6 Å². The van der Waals surface area contributed by atoms with Crippen molar-refractivity contribution in [3.63, 3.8) is 0 Å². The molecular weight excluding hydrogens is 456 g/mol. The minimum atomic E-state index is -4.93. The molecule has 2 heterocycles. The second-order valence-electron chi connectivity index (χ2n) is 7.34. The van der Waals surface area contributed by atoms with E-state index in [9.17, 15) is 22.4 Å². The Morgan fingerprint density at radius 1 is 1.34 bits per heavy atom. The summed E-state index contributed by atoms with van der Waals surface area (Å²) in [7, 11) is 0. The maximum atomic E-state index is 13.6. The molecule has 0 aliphatic carbocycles. The van der Waals surface area contributed by atoms with Gasteiger partial charge in [-0.25, -0.2) is 14.4 Å². The number of carbonyl (C=O) groups excluding carboxylic acids is 1. The summed E-state index contributed by atoms with van der Waals surface area (Å²) >= 11 is 6.09. The van der Waals surface area contributed by atoms with Crippen molar-refractivity contribution in [2.45, 2.75) is 32.0 Å². The normalized spacial score (nSPS) is 17.6. The van der Waals surface area contributed by atoms with Crippen molar-refractivity contribution in [3.8, 4) is 5.75 Å². The molecule has 1 aliphatic heterocycles. The van der Waals surface area contributed by atoms with Gasteiger partial charge in [0, 0.05) is 18.3 Å². The molecule has 2 N–H and O–H groups in total. The van der Waals surface area contributed by atoms with Crippen LogP contribution in [0.4, 0.5) is 17.6 Å². The molecule has 1 aliphatic rings. The zero-order chi connectivity index (χ0) is 23.8. The molecule has 3 rings (SSSR count). The number of amides is 1. The lowest BCUT2D eigenvalue weighted by Gasteiger charge is -2.20. The van der Waals surface area contributed by atoms with E-state index < -0.39 is 42.3 Å². The van der Waals surface area contributed by atoms with Crippen LogP contribution in [-0.4, -0.2) is 63.6 Å². The van der Waals surface area contributed by atoms with E-state index in [1.54, 1.807) is 13.8 Å². The van der Waals surface area contributed by atoms with Gasteiger partial charge in [0.2, 0.25) is 0 Å². The van der Waals surface area contributed by atoms with E-state index in [1.807, 2.05) is 0 Å². The molecule has 0 radical (unpaired) electrons. The zero-order valence-electron chi connectivity index (χ0n) is 17.0. The van der Waals surface area contributed by atoms with Crippen molar-refractivity contribution >= 4 is 23.2 Å². The summed E-state index contributed by atoms with van der Waals surface area (Å²) in [6.45, 7) is 2.15. The molecule has 172 valence electrons. The lowest BCUT2D eigenvalue weighted by Crippen LogP contribution is -2.35. The number of hydrogen-bond donors (Lipinski definition) is 2. The number of rotatable bonds is 5. The highest BCUT2D eigenvalue weighted by Crippen LogP contribution is 2.29. The predicted molar refractivity (Wildman–Crippen MR) is 107 cm³/mol. The number of alkyl halides is 3. The number of halogens is 5. The zero-order valence-corrected chi connectivity index (χ0v) is 17.8. The van der Waals surface area contributed by atoms with Gasteiger partial charge in [0.25, 0.3) is 5.91 Å². The first-order chi connectivity index (χ1) is 14.9. The molecule has 12 heteroatoms. The Balaban J connectivity index is 1.82. The number of aromatic nitrogens is 2. The number of hydrogen-bond acceptors (Lipinski definition) is 6. The molecule has 2 atom stereocenters. The number of aliphatic hydroxyl groups excluding tert-OH is 1. The van der Waals surface area contributed by atoms with Crippen LogP contribution >= 0.6 is 11.6 Å². The minimum absolute atomic E-state index is 0.0418. The Kier molecular flexibility index (Phi) is 6.70. The number of likely N-dealkylation sites (tertiary alicyclic amines) is 1. The lowest BCUT2D eigenvalue weighted by molar-refractivity contribution is -0.210. The summed E-state index contributed by atoms with van der Waals surface area (Å²) in [5.41, 5.74) is 1.03. The minimum Gasteiger partial charge on any atom is -0.490 e. The van der Waals surface area contributed by atoms with Crippen molar-refractivity contribution in [1.29, 1.82) is 5.41 Å². The highest BCUT2D eigenvalue weighted by atomic mass is 35.5. The molecule has 1 fully saturated rings. The van der Waals surface area contributed by atoms with E-state index >= 15 is 0 Å². The molecule has 32 heavy (non-hydrogen) atoms. The van der Waals surface area contributed by atoms with Gasteiger partial charge in [-0.15, -0.1) is 0 Å². The van der Waals surface area contributed by atoms with Crippen LogP contribution in [0.5, 0.6) is 5.75 Å². The number of ether oxygens (including phenoxy) is 1. The van der Waals surface area contributed by atoms with Crippen LogP contribution in [0.1, 0.15) is 33.5 Å². The van der Waals surface area contributed by atoms with Gasteiger partial charge in [0.05, 0.1) is 34.4 Å². The summed E-state index contributed by atoms with van der Waals surface area (Å²) in [6, 6.07) is 2.81. The van der Waals surface area contributed by atoms with E-state index in [1.165, 1.54) is 4.90 Å². The van der Waals surface area contributed by atoms with Gasteiger partial charge in [-0.2, -0.15) is 13.2 Å². The van der Waals surface area contributed by atoms with Crippen LogP contribution in [0.15, 0.2) is 18.2 Å². The number of aryl methyl sites for hydroxylation is 2. The molecular formula is C20H19ClF4N4O3. The van der Waals surface area contributed by atoms with E-state index in [0.29, 0.717) is 22.2 Å². The molecule has 7 nitrogen and oxygen atoms in total. The molecule has 1 aromatic heterocycles. The van der Waals surface area contributed by atoms with Gasteiger partial charge in [-0.05, 0) is 26.0 Å². The van der Waals surface area contributed by atoms with E-state index in [-0.39, 0.29) is 24.4 Å². The maximum Gasteiger partial charge on any atom is 0.417 e. The van der Waals surface area contributed by atoms with Crippen LogP contribution in [0.2, 0.25) is 5.02 Å². The maximum absolute atomic E-state index is 13.6. The smallest absolute Gasteiger partial charge is 0.417 e. The fraction of sp³-hybridized carbons (Fsp3) is 0.400. The Labute approximate surface area is 185 Å². The number of carbonyl (C=O) groups is 1. The number of nitrogens with zero attached hydrogens (tertiary/aromatic N) is 3. The molecule has 2 unspecified atom stereocenters. The Morgan fingerprint density at radius 2 is 1.97 bits per heavy atom. The molecule has 1 amide bonds. The summed E-state index contributed by atoms with van der Waals surface area (Å²) in [5.74, 6) is -2.21. The first kappa shape index (κ1) is 23.9. The monoisotopic (exact) mass is 474 g/mol. The van der Waals surface area contributed by atoms with Gasteiger partial charge in [0.1, 0.15) is 24.0 Å². The standard InChI is InChI=1S/C20H19ClF4N4O3/c1-9-17(21)10(2)28-18(27-9)13-6-29(7-14(13)26)19(31)12-4-3-11(22)5-15(12)32-8-16(30)20(23,24)25/h3-5,13,16,26,30H,6-8H2,1-2H3. The Bertz CT molecular complexity index is 1040. The average molecular weight is 475 g/mol. The Morgan fingerprint density at radius 3 is 2.56 bits per heavy atom. The molecule has 0 spiro atoms. The van der Waals surface area contributed by atoms with Gasteiger partial charge >= 0.3 is 6.18 Å². The third kappa shape index (κ3) is 4.99. The van der Waals surface area contributed by atoms with Gasteiger partial charge < -0.3 is 20.2 Å². The molecule has 1 aromatic carbocycles. The first-order valence-electron chi connectivity index (χ1n) is 9.42. The van der Waals surface area contributed by atoms with Crippen molar-refractivity contribution in [2.75, 3.05) is 19.7 Å². The average Bonchev–Trinajstić information content (AvgIpc) is 3.10. The molecule has 0 saturated carbocycles. The molecule has 1 saturated heterocycles. The van der Waals surface area contributed by atoms with Gasteiger partial charge in [0.15, 0.2) is 6.10 Å². The molecule has 2 aromatic rings. The largest absolute Gasteiger partial charge is 0.490 e. The van der Waals surface area contributed by atoms with E-state index in [2.05, 4.69) is 9.97 Å². The number of benzene rings is 1. The second-order valence-corrected chi connectivity index (χ2v) is 7.72. The van der Waals surface area contributed by atoms with Crippen molar-refractivity contribution in [2.24, 2.45) is 0 Å². The lowest BCUT2D eigenvalue weighted by atomic mass is 10.1. The summed E-state index contributed by atoms with van der Waals surface area (Å²) in [6.07, 6.45) is -7.73. The predicted octanol–water partition coefficient (Wildman–Crippen LogP) is 3.45. The Hall–Kier alpha value is -2.79. The van der Waals surface area contributed by atoms with Crippen molar-refractivity contribution < 1.29 is 32.2 Å². The second kappa shape index (κ2) is 8.99. The van der Waals surface area contributed by atoms with Gasteiger partial charge in [-0.3, -0.25) is 4.79 Å². The van der Waals surface area contributed by atoms with Crippen molar-refractivity contribution in [3.05, 3.63) is 51.8 Å². The van der Waals surface area contributed by atoms with Crippen LogP contribution in [0.25, 0.3) is 0 Å². The third-order valence-electron chi connectivity index (χ3n) is 4.93. The highest BCUT2D eigenvalue weighted by molar-refractivity contribution is 6.31. The fourth-order valence-electron chi connectivity index (χ4n) is 3.21. The van der Waals surface area contributed by atoms with Crippen LogP contribution < -0.4 is 4.74 Å². The summed E-state index contributed by atoms with van der Waals surface area (Å²) in [5, 5.41) is 17.8. The van der Waals surface area contributed by atoms with Crippen LogP contribution in [0.3, 0.4) is 0 Å². The number of aliphatic hydroxyl groups is 1.